The second-order valence-electron chi connectivity index (χ2n) is 3.65. The van der Waals surface area contributed by atoms with Gasteiger partial charge < -0.3 is 0 Å². The maximum atomic E-state index is 12.5. The zero-order valence-corrected chi connectivity index (χ0v) is 9.11. The Kier molecular flexibility index (Phi) is 3.14. The fourth-order valence-corrected chi connectivity index (χ4v) is 1.50. The van der Waals surface area contributed by atoms with E-state index in [1.165, 1.54) is 30.6 Å². The van der Waals surface area contributed by atoms with Crippen LogP contribution < -0.4 is 0 Å². The van der Waals surface area contributed by atoms with Crippen molar-refractivity contribution in [2.75, 3.05) is 0 Å². The normalized spacial score (nSPS) is 11.3. The monoisotopic (exact) mass is 251 g/mol. The average Bonchev–Trinajstić information content (AvgIpc) is 2.38. The number of pyridine rings is 1. The fraction of sp³-hybridized carbons (Fsp3) is 0.0769. The van der Waals surface area contributed by atoms with Crippen LogP contribution in [0.2, 0.25) is 0 Å². The highest BCUT2D eigenvalue weighted by molar-refractivity contribution is 6.08. The number of hydrogen-bond acceptors (Lipinski definition) is 2. The van der Waals surface area contributed by atoms with E-state index in [1.807, 2.05) is 0 Å². The van der Waals surface area contributed by atoms with Crippen LogP contribution in [0.5, 0.6) is 0 Å². The molecule has 0 aliphatic rings. The molecule has 1 heterocycles. The molecule has 0 atom stereocenters. The maximum Gasteiger partial charge on any atom is 0.416 e. The van der Waals surface area contributed by atoms with Crippen molar-refractivity contribution >= 4 is 5.78 Å². The second-order valence-corrected chi connectivity index (χ2v) is 3.65. The highest BCUT2D eigenvalue weighted by Gasteiger charge is 2.30. The predicted molar refractivity (Wildman–Crippen MR) is 59.1 cm³/mol. The zero-order valence-electron chi connectivity index (χ0n) is 9.11. The first-order valence-corrected chi connectivity index (χ1v) is 5.10. The smallest absolute Gasteiger partial charge is 0.289 e. The molecule has 5 heteroatoms. The minimum atomic E-state index is -4.45. The first-order valence-electron chi connectivity index (χ1n) is 5.10. The van der Waals surface area contributed by atoms with Crippen LogP contribution in [0.3, 0.4) is 0 Å². The number of aromatic nitrogens is 1. The summed E-state index contributed by atoms with van der Waals surface area (Å²) in [5, 5.41) is 0. The van der Waals surface area contributed by atoms with Gasteiger partial charge in [-0.15, -0.1) is 0 Å². The second kappa shape index (κ2) is 4.60. The molecule has 0 amide bonds. The van der Waals surface area contributed by atoms with Crippen molar-refractivity contribution in [2.45, 2.75) is 6.18 Å². The molecule has 0 aliphatic carbocycles. The number of benzene rings is 1. The molecule has 0 unspecified atom stereocenters. The molecular formula is C13H8F3NO. The van der Waals surface area contributed by atoms with Crippen molar-refractivity contribution in [1.29, 1.82) is 0 Å². The third-order valence-electron chi connectivity index (χ3n) is 2.38. The molecule has 1 aromatic carbocycles. The Balaban J connectivity index is 2.38. The van der Waals surface area contributed by atoms with Crippen molar-refractivity contribution in [2.24, 2.45) is 0 Å². The Morgan fingerprint density at radius 2 is 1.78 bits per heavy atom. The zero-order chi connectivity index (χ0) is 13.2. The van der Waals surface area contributed by atoms with Crippen LogP contribution >= 0.6 is 0 Å². The summed E-state index contributed by atoms with van der Waals surface area (Å²) >= 11 is 0. The lowest BCUT2D eigenvalue weighted by Gasteiger charge is -2.08. The quantitative estimate of drug-likeness (QED) is 0.766. The molecule has 0 aliphatic heterocycles. The number of hydrogen-bond donors (Lipinski definition) is 0. The van der Waals surface area contributed by atoms with Gasteiger partial charge in [-0.2, -0.15) is 13.2 Å². The van der Waals surface area contributed by atoms with E-state index in [1.54, 1.807) is 6.07 Å². The standard InChI is InChI=1S/C13H8F3NO/c14-13(15,16)11-5-1-3-9(7-11)12(18)10-4-2-6-17-8-10/h1-8H. The van der Waals surface area contributed by atoms with Crippen molar-refractivity contribution in [3.8, 4) is 0 Å². The predicted octanol–water partition coefficient (Wildman–Crippen LogP) is 3.33. The summed E-state index contributed by atoms with van der Waals surface area (Å²) in [6, 6.07) is 7.41. The topological polar surface area (TPSA) is 30.0 Å². The average molecular weight is 251 g/mol. The molecule has 0 fully saturated rings. The van der Waals surface area contributed by atoms with Gasteiger partial charge >= 0.3 is 6.18 Å². The maximum absolute atomic E-state index is 12.5. The lowest BCUT2D eigenvalue weighted by Crippen LogP contribution is -2.08. The van der Waals surface area contributed by atoms with Crippen LogP contribution in [0, 0.1) is 0 Å². The van der Waals surface area contributed by atoms with E-state index in [9.17, 15) is 18.0 Å². The van der Waals surface area contributed by atoms with Gasteiger partial charge in [0, 0.05) is 23.5 Å². The highest BCUT2D eigenvalue weighted by Crippen LogP contribution is 2.29. The van der Waals surface area contributed by atoms with Gasteiger partial charge in [0.05, 0.1) is 5.56 Å². The summed E-state index contributed by atoms with van der Waals surface area (Å²) in [6.45, 7) is 0. The highest BCUT2D eigenvalue weighted by atomic mass is 19.4. The van der Waals surface area contributed by atoms with Crippen LogP contribution in [0.15, 0.2) is 48.8 Å². The van der Waals surface area contributed by atoms with Gasteiger partial charge in [0.15, 0.2) is 5.78 Å². The number of carbonyl (C=O) groups is 1. The molecule has 0 bridgehead atoms. The molecule has 0 saturated heterocycles. The van der Waals surface area contributed by atoms with Gasteiger partial charge in [-0.3, -0.25) is 9.78 Å². The Labute approximate surface area is 101 Å². The fourth-order valence-electron chi connectivity index (χ4n) is 1.50. The van der Waals surface area contributed by atoms with E-state index in [0.717, 1.165) is 12.1 Å². The Morgan fingerprint density at radius 1 is 1.06 bits per heavy atom. The number of alkyl halides is 3. The molecule has 2 nitrogen and oxygen atoms in total. The van der Waals surface area contributed by atoms with Crippen LogP contribution in [-0.2, 0) is 6.18 Å². The van der Waals surface area contributed by atoms with E-state index in [-0.39, 0.29) is 11.1 Å². The molecule has 92 valence electrons. The first-order chi connectivity index (χ1) is 8.48. The van der Waals surface area contributed by atoms with E-state index in [0.29, 0.717) is 0 Å². The third-order valence-corrected chi connectivity index (χ3v) is 2.38. The molecule has 0 saturated carbocycles. The van der Waals surface area contributed by atoms with Crippen LogP contribution in [0.1, 0.15) is 21.5 Å². The van der Waals surface area contributed by atoms with Crippen molar-refractivity contribution < 1.29 is 18.0 Å². The molecule has 2 aromatic rings. The van der Waals surface area contributed by atoms with Gasteiger partial charge in [0.2, 0.25) is 0 Å². The number of carbonyl (C=O) groups excluding carboxylic acids is 1. The summed E-state index contributed by atoms with van der Waals surface area (Å²) in [4.78, 5) is 15.7. The van der Waals surface area contributed by atoms with Gasteiger partial charge in [-0.1, -0.05) is 12.1 Å². The van der Waals surface area contributed by atoms with E-state index < -0.39 is 17.5 Å². The minimum Gasteiger partial charge on any atom is -0.289 e. The lowest BCUT2D eigenvalue weighted by atomic mass is 10.0. The summed E-state index contributed by atoms with van der Waals surface area (Å²) < 4.78 is 37.5. The SMILES string of the molecule is O=C(c1cccnc1)c1cccc(C(F)(F)F)c1. The van der Waals surface area contributed by atoms with Crippen molar-refractivity contribution in [1.82, 2.24) is 4.98 Å². The van der Waals surface area contributed by atoms with Crippen molar-refractivity contribution in [3.63, 3.8) is 0 Å². The van der Waals surface area contributed by atoms with Crippen LogP contribution in [0.4, 0.5) is 13.2 Å². The largest absolute Gasteiger partial charge is 0.416 e. The van der Waals surface area contributed by atoms with E-state index in [2.05, 4.69) is 4.98 Å². The van der Waals surface area contributed by atoms with Gasteiger partial charge in [-0.25, -0.2) is 0 Å². The van der Waals surface area contributed by atoms with Crippen LogP contribution in [0.25, 0.3) is 0 Å². The Morgan fingerprint density at radius 3 is 2.39 bits per heavy atom. The van der Waals surface area contributed by atoms with E-state index >= 15 is 0 Å². The molecular weight excluding hydrogens is 243 g/mol. The van der Waals surface area contributed by atoms with Gasteiger partial charge in [-0.05, 0) is 24.3 Å². The molecule has 0 N–H and O–H groups in total. The lowest BCUT2D eigenvalue weighted by molar-refractivity contribution is -0.137. The van der Waals surface area contributed by atoms with E-state index in [4.69, 9.17) is 0 Å². The minimum absolute atomic E-state index is 0.00201. The van der Waals surface area contributed by atoms with Crippen LogP contribution in [-0.4, -0.2) is 10.8 Å². The first kappa shape index (κ1) is 12.3. The number of rotatable bonds is 2. The third kappa shape index (κ3) is 2.56. The molecule has 1 aromatic heterocycles. The number of nitrogens with zero attached hydrogens (tertiary/aromatic N) is 1. The van der Waals surface area contributed by atoms with Gasteiger partial charge in [0.1, 0.15) is 0 Å². The van der Waals surface area contributed by atoms with Gasteiger partial charge in [0.25, 0.3) is 0 Å². The Hall–Kier alpha value is -2.17. The summed E-state index contributed by atoms with van der Waals surface area (Å²) in [5.41, 5.74) is -0.577. The molecule has 2 rings (SSSR count). The molecule has 0 radical (unpaired) electrons. The molecule has 18 heavy (non-hydrogen) atoms. The summed E-state index contributed by atoms with van der Waals surface area (Å²) in [6.07, 6.45) is -1.64. The number of ketones is 1. The van der Waals surface area contributed by atoms with Crippen molar-refractivity contribution in [3.05, 3.63) is 65.5 Å². The summed E-state index contributed by atoms with van der Waals surface area (Å²) in [5.74, 6) is -0.478. The summed E-state index contributed by atoms with van der Waals surface area (Å²) in [7, 11) is 0. The number of halogens is 3. The Bertz CT molecular complexity index is 564. The molecule has 0 spiro atoms.